The molecule has 1 saturated heterocycles. The average molecular weight is 403 g/mol. The number of nitrogens with one attached hydrogen (secondary N) is 2. The molecule has 1 aliphatic heterocycles. The molecule has 2 aromatic heterocycles. The second kappa shape index (κ2) is 7.02. The molecule has 0 aliphatic carbocycles. The van der Waals surface area contributed by atoms with Crippen molar-refractivity contribution in [2.45, 2.75) is 31.6 Å². The highest BCUT2D eigenvalue weighted by molar-refractivity contribution is 7.89. The summed E-state index contributed by atoms with van der Waals surface area (Å²) in [6.45, 7) is 3.64. The number of aromatic nitrogens is 3. The van der Waals surface area contributed by atoms with Crippen LogP contribution in [-0.2, 0) is 14.8 Å². The molecule has 1 atom stereocenters. The van der Waals surface area contributed by atoms with E-state index in [1.165, 1.54) is 4.31 Å². The van der Waals surface area contributed by atoms with Crippen molar-refractivity contribution in [3.05, 3.63) is 35.7 Å². The Morgan fingerprint density at radius 1 is 1.32 bits per heavy atom. The van der Waals surface area contributed by atoms with Crippen LogP contribution in [0.3, 0.4) is 0 Å². The molecular formula is C18H21N5O4S. The Bertz CT molecular complexity index is 1080. The topological polar surface area (TPSA) is 121 Å². The van der Waals surface area contributed by atoms with Crippen molar-refractivity contribution in [3.8, 4) is 0 Å². The van der Waals surface area contributed by atoms with E-state index in [1.807, 2.05) is 24.3 Å². The summed E-state index contributed by atoms with van der Waals surface area (Å²) in [6.07, 6.45) is 1.21. The van der Waals surface area contributed by atoms with E-state index < -0.39 is 15.9 Å². The van der Waals surface area contributed by atoms with Gasteiger partial charge in [0.2, 0.25) is 21.9 Å². The van der Waals surface area contributed by atoms with Crippen molar-refractivity contribution in [3.63, 3.8) is 0 Å². The molecule has 28 heavy (non-hydrogen) atoms. The monoisotopic (exact) mass is 403 g/mol. The zero-order valence-corrected chi connectivity index (χ0v) is 16.4. The van der Waals surface area contributed by atoms with Crippen molar-refractivity contribution < 1.29 is 17.7 Å². The van der Waals surface area contributed by atoms with Crippen LogP contribution in [0, 0.1) is 19.8 Å². The Morgan fingerprint density at radius 3 is 2.82 bits per heavy atom. The molecule has 0 radical (unpaired) electrons. The third kappa shape index (κ3) is 3.29. The molecule has 10 heteroatoms. The van der Waals surface area contributed by atoms with Crippen LogP contribution >= 0.6 is 0 Å². The minimum Gasteiger partial charge on any atom is -0.360 e. The molecule has 0 spiro atoms. The van der Waals surface area contributed by atoms with E-state index in [1.54, 1.807) is 13.8 Å². The summed E-state index contributed by atoms with van der Waals surface area (Å²) in [5, 5.41) is 6.51. The number of hydrogen-bond donors (Lipinski definition) is 2. The maximum Gasteiger partial charge on any atom is 0.248 e. The summed E-state index contributed by atoms with van der Waals surface area (Å²) in [4.78, 5) is 20.2. The van der Waals surface area contributed by atoms with Gasteiger partial charge < -0.3 is 9.51 Å². The number of carbonyl (C=O) groups excluding carboxylic acids is 1. The first-order valence-corrected chi connectivity index (χ1v) is 10.5. The molecule has 4 rings (SSSR count). The number of amides is 1. The number of anilines is 1. The zero-order valence-electron chi connectivity index (χ0n) is 15.6. The molecule has 3 heterocycles. The van der Waals surface area contributed by atoms with Gasteiger partial charge >= 0.3 is 0 Å². The van der Waals surface area contributed by atoms with E-state index in [2.05, 4.69) is 20.4 Å². The summed E-state index contributed by atoms with van der Waals surface area (Å²) in [6, 6.07) is 7.47. The predicted molar refractivity (Wildman–Crippen MR) is 102 cm³/mol. The van der Waals surface area contributed by atoms with Crippen LogP contribution in [0.15, 0.2) is 33.7 Å². The third-order valence-corrected chi connectivity index (χ3v) is 7.06. The summed E-state index contributed by atoms with van der Waals surface area (Å²) in [5.74, 6) is -0.0989. The van der Waals surface area contributed by atoms with Crippen LogP contribution in [-0.4, -0.2) is 46.8 Å². The van der Waals surface area contributed by atoms with Gasteiger partial charge in [0.05, 0.1) is 17.0 Å². The van der Waals surface area contributed by atoms with Crippen LogP contribution in [0.4, 0.5) is 5.95 Å². The molecule has 148 valence electrons. The number of nitrogens with zero attached hydrogens (tertiary/aromatic N) is 3. The fraction of sp³-hybridized carbons (Fsp3) is 0.389. The van der Waals surface area contributed by atoms with Gasteiger partial charge in [0.15, 0.2) is 5.76 Å². The van der Waals surface area contributed by atoms with Crippen molar-refractivity contribution in [1.82, 2.24) is 19.4 Å². The maximum atomic E-state index is 13.0. The zero-order chi connectivity index (χ0) is 19.9. The first kappa shape index (κ1) is 18.6. The molecular weight excluding hydrogens is 382 g/mol. The Morgan fingerprint density at radius 2 is 2.11 bits per heavy atom. The molecule has 1 aliphatic rings. The van der Waals surface area contributed by atoms with E-state index in [0.717, 1.165) is 11.0 Å². The number of benzene rings is 1. The fourth-order valence-electron chi connectivity index (χ4n) is 3.58. The Kier molecular flexibility index (Phi) is 4.68. The largest absolute Gasteiger partial charge is 0.360 e. The van der Waals surface area contributed by atoms with Crippen molar-refractivity contribution in [1.29, 1.82) is 0 Å². The van der Waals surface area contributed by atoms with Crippen LogP contribution in [0.1, 0.15) is 24.3 Å². The lowest BCUT2D eigenvalue weighted by Gasteiger charge is -2.30. The molecule has 0 unspecified atom stereocenters. The number of imidazole rings is 1. The van der Waals surface area contributed by atoms with Gasteiger partial charge in [-0.3, -0.25) is 10.1 Å². The number of piperidine rings is 1. The Hall–Kier alpha value is -2.72. The van der Waals surface area contributed by atoms with Crippen molar-refractivity contribution in [2.75, 3.05) is 18.4 Å². The maximum absolute atomic E-state index is 13.0. The number of aryl methyl sites for hydroxylation is 2. The van der Waals surface area contributed by atoms with E-state index in [9.17, 15) is 13.2 Å². The van der Waals surface area contributed by atoms with Crippen LogP contribution in [0.2, 0.25) is 0 Å². The minimum absolute atomic E-state index is 0.0887. The summed E-state index contributed by atoms with van der Waals surface area (Å²) < 4.78 is 32.4. The van der Waals surface area contributed by atoms with Crippen LogP contribution in [0.5, 0.6) is 0 Å². The smallest absolute Gasteiger partial charge is 0.248 e. The number of rotatable bonds is 4. The molecule has 2 N–H and O–H groups in total. The fourth-order valence-corrected chi connectivity index (χ4v) is 5.39. The number of fused-ring (bicyclic) bond motifs is 1. The quantitative estimate of drug-likeness (QED) is 0.689. The first-order chi connectivity index (χ1) is 13.4. The number of H-pyrrole nitrogens is 1. The second-order valence-electron chi connectivity index (χ2n) is 6.95. The van der Waals surface area contributed by atoms with Gasteiger partial charge in [-0.25, -0.2) is 13.4 Å². The molecule has 1 aromatic carbocycles. The van der Waals surface area contributed by atoms with Crippen molar-refractivity contribution in [2.24, 2.45) is 5.92 Å². The van der Waals surface area contributed by atoms with Gasteiger partial charge in [0.25, 0.3) is 0 Å². The second-order valence-corrected chi connectivity index (χ2v) is 8.82. The summed E-state index contributed by atoms with van der Waals surface area (Å²) in [7, 11) is -3.77. The third-order valence-electron chi connectivity index (χ3n) is 4.95. The van der Waals surface area contributed by atoms with Gasteiger partial charge in [-0.1, -0.05) is 17.3 Å². The predicted octanol–water partition coefficient (Wildman–Crippen LogP) is 2.21. The average Bonchev–Trinajstić information content (AvgIpc) is 3.24. The lowest BCUT2D eigenvalue weighted by Crippen LogP contribution is -2.44. The van der Waals surface area contributed by atoms with Crippen LogP contribution < -0.4 is 5.32 Å². The molecule has 9 nitrogen and oxygen atoms in total. The highest BCUT2D eigenvalue weighted by Gasteiger charge is 2.36. The van der Waals surface area contributed by atoms with Gasteiger partial charge in [-0.05, 0) is 38.8 Å². The molecule has 0 saturated carbocycles. The number of para-hydroxylation sites is 2. The van der Waals surface area contributed by atoms with E-state index in [0.29, 0.717) is 31.0 Å². The lowest BCUT2D eigenvalue weighted by molar-refractivity contribution is -0.120. The van der Waals surface area contributed by atoms with E-state index >= 15 is 0 Å². The highest BCUT2D eigenvalue weighted by atomic mass is 32.2. The Labute approximate surface area is 162 Å². The standard InChI is InChI=1S/C18H21N5O4S/c1-11-16(12(2)27-22-11)28(25,26)23-9-5-6-13(10-23)17(24)21-18-19-14-7-3-4-8-15(14)20-18/h3-4,7-8,13H,5-6,9-10H2,1-2H3,(H2,19,20,21,24)/t13-/m0/s1. The van der Waals surface area contributed by atoms with Gasteiger partial charge in [0, 0.05) is 13.1 Å². The number of sulfonamides is 1. The number of aromatic amines is 1. The van der Waals surface area contributed by atoms with Gasteiger partial charge in [-0.15, -0.1) is 0 Å². The SMILES string of the molecule is Cc1noc(C)c1S(=O)(=O)N1CCC[C@H](C(=O)Nc2nc3ccccc3[nH]2)C1. The molecule has 3 aromatic rings. The Balaban J connectivity index is 1.51. The van der Waals surface area contributed by atoms with E-state index in [-0.39, 0.29) is 23.1 Å². The number of hydrogen-bond acceptors (Lipinski definition) is 6. The van der Waals surface area contributed by atoms with Crippen LogP contribution in [0.25, 0.3) is 11.0 Å². The minimum atomic E-state index is -3.77. The van der Waals surface area contributed by atoms with Crippen molar-refractivity contribution >= 4 is 32.9 Å². The highest BCUT2D eigenvalue weighted by Crippen LogP contribution is 2.28. The van der Waals surface area contributed by atoms with E-state index in [4.69, 9.17) is 4.52 Å². The summed E-state index contributed by atoms with van der Waals surface area (Å²) >= 11 is 0. The number of carbonyl (C=O) groups is 1. The molecule has 1 fully saturated rings. The van der Waals surface area contributed by atoms with Gasteiger partial charge in [0.1, 0.15) is 10.6 Å². The molecule has 0 bridgehead atoms. The van der Waals surface area contributed by atoms with Gasteiger partial charge in [-0.2, -0.15) is 4.31 Å². The first-order valence-electron chi connectivity index (χ1n) is 9.05. The molecule has 1 amide bonds. The summed E-state index contributed by atoms with van der Waals surface area (Å²) in [5.41, 5.74) is 1.90. The normalized spacial score (nSPS) is 18.4. The lowest BCUT2D eigenvalue weighted by atomic mass is 9.99.